The third-order valence-electron chi connectivity index (χ3n) is 4.89. The minimum atomic E-state index is -0.643. The fourth-order valence-corrected chi connectivity index (χ4v) is 4.49. The van der Waals surface area contributed by atoms with Crippen LogP contribution in [-0.4, -0.2) is 19.0 Å². The number of carbonyl (C=O) groups is 2. The first kappa shape index (κ1) is 21.0. The molecule has 0 saturated carbocycles. The second-order valence-electron chi connectivity index (χ2n) is 6.90. The van der Waals surface area contributed by atoms with Crippen molar-refractivity contribution in [2.24, 2.45) is 0 Å². The van der Waals surface area contributed by atoms with E-state index in [2.05, 4.69) is 11.4 Å². The molecule has 4 rings (SSSR count). The third kappa shape index (κ3) is 4.29. The molecule has 4 aromatic rings. The van der Waals surface area contributed by atoms with E-state index in [1.807, 2.05) is 42.5 Å². The molecule has 0 unspecified atom stereocenters. The maximum Gasteiger partial charge on any atom is 0.354 e. The Balaban J connectivity index is 1.84. The van der Waals surface area contributed by atoms with Crippen LogP contribution in [0.1, 0.15) is 21.5 Å². The number of methoxy groups -OCH3 is 1. The van der Waals surface area contributed by atoms with Gasteiger partial charge in [0.25, 0.3) is 5.91 Å². The summed E-state index contributed by atoms with van der Waals surface area (Å²) in [7, 11) is 1.28. The predicted octanol–water partition coefficient (Wildman–Crippen LogP) is 5.38. The van der Waals surface area contributed by atoms with Crippen LogP contribution in [0.25, 0.3) is 26.6 Å². The summed E-state index contributed by atoms with van der Waals surface area (Å²) in [6.07, 6.45) is 1.65. The van der Waals surface area contributed by atoms with Gasteiger partial charge >= 0.3 is 5.97 Å². The highest BCUT2D eigenvalue weighted by atomic mass is 32.1. The average molecular weight is 439 g/mol. The largest absolute Gasteiger partial charge is 0.464 e. The molecule has 0 spiro atoms. The number of hydrogen-bond donors (Lipinski definition) is 1. The van der Waals surface area contributed by atoms with E-state index in [0.717, 1.165) is 26.1 Å². The highest BCUT2D eigenvalue weighted by Crippen LogP contribution is 2.40. The molecule has 0 aliphatic carbocycles. The Kier molecular flexibility index (Phi) is 6.11. The van der Waals surface area contributed by atoms with Gasteiger partial charge in [-0.05, 0) is 42.0 Å². The Morgan fingerprint density at radius 1 is 0.969 bits per heavy atom. The van der Waals surface area contributed by atoms with Gasteiger partial charge in [0.15, 0.2) is 0 Å². The number of nitrogens with zero attached hydrogens (tertiary/aromatic N) is 1. The first-order chi connectivity index (χ1) is 15.6. The zero-order valence-electron chi connectivity index (χ0n) is 17.2. The zero-order valence-corrected chi connectivity index (χ0v) is 18.0. The summed E-state index contributed by atoms with van der Waals surface area (Å²) < 4.78 is 5.97. The minimum absolute atomic E-state index is 0.0415. The summed E-state index contributed by atoms with van der Waals surface area (Å²) in [6.45, 7) is 0. The topological polar surface area (TPSA) is 79.2 Å². The molecule has 1 heterocycles. The van der Waals surface area contributed by atoms with Gasteiger partial charge in [0, 0.05) is 26.1 Å². The normalized spacial score (nSPS) is 11.1. The van der Waals surface area contributed by atoms with E-state index in [-0.39, 0.29) is 5.70 Å². The van der Waals surface area contributed by atoms with Gasteiger partial charge in [-0.3, -0.25) is 4.79 Å². The van der Waals surface area contributed by atoms with Crippen molar-refractivity contribution in [2.75, 3.05) is 7.11 Å². The van der Waals surface area contributed by atoms with E-state index >= 15 is 0 Å². The van der Waals surface area contributed by atoms with Crippen LogP contribution in [0.4, 0.5) is 0 Å². The molecule has 0 atom stereocenters. The molecule has 0 fully saturated rings. The summed E-state index contributed by atoms with van der Waals surface area (Å²) in [5.41, 5.74) is 2.75. The number of esters is 1. The lowest BCUT2D eigenvalue weighted by Gasteiger charge is -2.09. The SMILES string of the molecule is COC(=O)/C(=C/c1c(-c2ccc(C#N)cc2)sc2ccccc12)NC(=O)c1ccccc1. The highest BCUT2D eigenvalue weighted by Gasteiger charge is 2.19. The van der Waals surface area contributed by atoms with Crippen molar-refractivity contribution in [2.45, 2.75) is 0 Å². The Bertz CT molecular complexity index is 1360. The van der Waals surface area contributed by atoms with Gasteiger partial charge in [-0.15, -0.1) is 11.3 Å². The van der Waals surface area contributed by atoms with Crippen molar-refractivity contribution in [1.82, 2.24) is 5.32 Å². The molecular weight excluding hydrogens is 420 g/mol. The summed E-state index contributed by atoms with van der Waals surface area (Å²) in [6, 6.07) is 25.9. The molecule has 0 aliphatic heterocycles. The quantitative estimate of drug-likeness (QED) is 0.335. The number of carbonyl (C=O) groups excluding carboxylic acids is 2. The number of amides is 1. The number of nitrogens with one attached hydrogen (secondary N) is 1. The van der Waals surface area contributed by atoms with Crippen LogP contribution in [-0.2, 0) is 9.53 Å². The van der Waals surface area contributed by atoms with E-state index in [4.69, 9.17) is 10.00 Å². The van der Waals surface area contributed by atoms with Gasteiger partial charge in [-0.1, -0.05) is 48.5 Å². The average Bonchev–Trinajstić information content (AvgIpc) is 3.22. The molecule has 0 radical (unpaired) electrons. The van der Waals surface area contributed by atoms with Crippen LogP contribution in [0, 0.1) is 11.3 Å². The van der Waals surface area contributed by atoms with E-state index in [1.54, 1.807) is 53.8 Å². The molecule has 1 amide bonds. The lowest BCUT2D eigenvalue weighted by Crippen LogP contribution is -2.28. The van der Waals surface area contributed by atoms with Gasteiger partial charge in [-0.25, -0.2) is 4.79 Å². The van der Waals surface area contributed by atoms with Crippen LogP contribution in [0.2, 0.25) is 0 Å². The van der Waals surface area contributed by atoms with Crippen LogP contribution < -0.4 is 5.32 Å². The summed E-state index contributed by atoms with van der Waals surface area (Å²) in [5.74, 6) is -1.04. The molecule has 5 nitrogen and oxygen atoms in total. The molecule has 0 bridgehead atoms. The summed E-state index contributed by atoms with van der Waals surface area (Å²) in [4.78, 5) is 26.2. The highest BCUT2D eigenvalue weighted by molar-refractivity contribution is 7.22. The number of nitriles is 1. The van der Waals surface area contributed by atoms with Crippen LogP contribution in [0.15, 0.2) is 84.6 Å². The van der Waals surface area contributed by atoms with Crippen molar-refractivity contribution in [1.29, 1.82) is 5.26 Å². The first-order valence-electron chi connectivity index (χ1n) is 9.79. The number of fused-ring (bicyclic) bond motifs is 1. The van der Waals surface area contributed by atoms with E-state index in [0.29, 0.717) is 11.1 Å². The molecular formula is C26H18N2O3S. The standard InChI is InChI=1S/C26H18N2O3S/c1-31-26(30)22(28-25(29)19-7-3-2-4-8-19)15-21-20-9-5-6-10-23(20)32-24(21)18-13-11-17(16-27)12-14-18/h2-15H,1H3,(H,28,29)/b22-15-. The lowest BCUT2D eigenvalue weighted by molar-refractivity contribution is -0.136. The minimum Gasteiger partial charge on any atom is -0.464 e. The van der Waals surface area contributed by atoms with Gasteiger partial charge in [0.2, 0.25) is 0 Å². The predicted molar refractivity (Wildman–Crippen MR) is 126 cm³/mol. The Labute approximate surface area is 189 Å². The van der Waals surface area contributed by atoms with Crippen LogP contribution in [0.3, 0.4) is 0 Å². The maximum absolute atomic E-state index is 12.7. The molecule has 1 N–H and O–H groups in total. The van der Waals surface area contributed by atoms with Crippen LogP contribution in [0.5, 0.6) is 0 Å². The Morgan fingerprint density at radius 2 is 1.66 bits per heavy atom. The molecule has 0 saturated heterocycles. The lowest BCUT2D eigenvalue weighted by atomic mass is 10.0. The third-order valence-corrected chi connectivity index (χ3v) is 6.12. The maximum atomic E-state index is 12.7. The molecule has 156 valence electrons. The molecule has 32 heavy (non-hydrogen) atoms. The number of benzene rings is 3. The van der Waals surface area contributed by atoms with Gasteiger partial charge < -0.3 is 10.1 Å². The van der Waals surface area contributed by atoms with Gasteiger partial charge in [0.1, 0.15) is 5.70 Å². The second-order valence-corrected chi connectivity index (χ2v) is 7.95. The fourth-order valence-electron chi connectivity index (χ4n) is 3.30. The molecule has 6 heteroatoms. The molecule has 3 aromatic carbocycles. The van der Waals surface area contributed by atoms with Crippen molar-refractivity contribution < 1.29 is 14.3 Å². The molecule has 1 aromatic heterocycles. The Morgan fingerprint density at radius 3 is 2.34 bits per heavy atom. The fraction of sp³-hybridized carbons (Fsp3) is 0.0385. The second kappa shape index (κ2) is 9.29. The van der Waals surface area contributed by atoms with Crippen molar-refractivity contribution in [3.63, 3.8) is 0 Å². The van der Waals surface area contributed by atoms with E-state index in [1.165, 1.54) is 7.11 Å². The van der Waals surface area contributed by atoms with Crippen molar-refractivity contribution in [3.8, 4) is 16.5 Å². The zero-order chi connectivity index (χ0) is 22.5. The number of rotatable bonds is 5. The van der Waals surface area contributed by atoms with E-state index in [9.17, 15) is 9.59 Å². The van der Waals surface area contributed by atoms with Gasteiger partial charge in [-0.2, -0.15) is 5.26 Å². The summed E-state index contributed by atoms with van der Waals surface area (Å²) in [5, 5.41) is 12.7. The monoisotopic (exact) mass is 438 g/mol. The van der Waals surface area contributed by atoms with Crippen molar-refractivity contribution in [3.05, 3.63) is 101 Å². The Hall–Kier alpha value is -4.21. The smallest absolute Gasteiger partial charge is 0.354 e. The van der Waals surface area contributed by atoms with Crippen LogP contribution >= 0.6 is 11.3 Å². The number of thiophene rings is 1. The molecule has 0 aliphatic rings. The van der Waals surface area contributed by atoms with E-state index < -0.39 is 11.9 Å². The van der Waals surface area contributed by atoms with Gasteiger partial charge in [0.05, 0.1) is 18.7 Å². The van der Waals surface area contributed by atoms with Crippen molar-refractivity contribution >= 4 is 39.4 Å². The first-order valence-corrected chi connectivity index (χ1v) is 10.6. The number of hydrogen-bond acceptors (Lipinski definition) is 5. The summed E-state index contributed by atoms with van der Waals surface area (Å²) >= 11 is 1.57. The number of ether oxygens (including phenoxy) is 1.